The minimum Gasteiger partial charge on any atom is -0.444 e. The van der Waals surface area contributed by atoms with Gasteiger partial charge in [-0.3, -0.25) is 0 Å². The fraction of sp³-hybridized carbons (Fsp3) is 0.579. The van der Waals surface area contributed by atoms with Crippen molar-refractivity contribution in [2.75, 3.05) is 18.4 Å². The van der Waals surface area contributed by atoms with Crippen molar-refractivity contribution in [3.63, 3.8) is 0 Å². The molecule has 0 saturated carbocycles. The third-order valence-corrected chi connectivity index (χ3v) is 3.48. The van der Waals surface area contributed by atoms with Gasteiger partial charge in [-0.25, -0.2) is 9.59 Å². The number of carbonyl (C=O) groups excluding carboxylic acids is 2. The molecule has 2 rings (SSSR count). The number of anilines is 1. The Morgan fingerprint density at radius 3 is 2.32 bits per heavy atom. The van der Waals surface area contributed by atoms with Crippen molar-refractivity contribution in [3.05, 3.63) is 29.8 Å². The van der Waals surface area contributed by atoms with Gasteiger partial charge in [0.25, 0.3) is 0 Å². The van der Waals surface area contributed by atoms with Crippen LogP contribution >= 0.6 is 0 Å². The number of urea groups is 1. The molecule has 25 heavy (non-hydrogen) atoms. The number of rotatable bonds is 2. The van der Waals surface area contributed by atoms with Gasteiger partial charge in [0.2, 0.25) is 0 Å². The Balaban J connectivity index is 0.00000151. The van der Waals surface area contributed by atoms with Crippen molar-refractivity contribution >= 4 is 17.8 Å². The zero-order valence-corrected chi connectivity index (χ0v) is 16.2. The molecule has 1 heterocycles. The Morgan fingerprint density at radius 1 is 1.16 bits per heavy atom. The van der Waals surface area contributed by atoms with E-state index in [1.165, 1.54) is 0 Å². The van der Waals surface area contributed by atoms with Crippen LogP contribution < -0.4 is 10.6 Å². The summed E-state index contributed by atoms with van der Waals surface area (Å²) in [4.78, 5) is 25.6. The number of likely N-dealkylation sites (tertiary alicyclic amines) is 1. The van der Waals surface area contributed by atoms with Gasteiger partial charge in [0.05, 0.1) is 0 Å². The number of hydrogen-bond donors (Lipinski definition) is 2. The molecule has 1 aliphatic heterocycles. The van der Waals surface area contributed by atoms with E-state index < -0.39 is 5.60 Å². The first kappa shape index (κ1) is 20.8. The van der Waals surface area contributed by atoms with Gasteiger partial charge in [0.1, 0.15) is 5.60 Å². The first-order valence-electron chi connectivity index (χ1n) is 8.85. The summed E-state index contributed by atoms with van der Waals surface area (Å²) in [5.41, 5.74) is 1.38. The van der Waals surface area contributed by atoms with E-state index in [0.717, 1.165) is 17.7 Å². The summed E-state index contributed by atoms with van der Waals surface area (Å²) in [7, 11) is 0. The van der Waals surface area contributed by atoms with Crippen LogP contribution in [-0.2, 0) is 4.74 Å². The fourth-order valence-electron chi connectivity index (χ4n) is 2.36. The number of nitrogens with zero attached hydrogens (tertiary/aromatic N) is 1. The van der Waals surface area contributed by atoms with E-state index in [1.54, 1.807) is 4.90 Å². The third-order valence-electron chi connectivity index (χ3n) is 3.48. The van der Waals surface area contributed by atoms with Gasteiger partial charge in [-0.05, 0) is 46.2 Å². The molecule has 1 aromatic rings. The fourth-order valence-corrected chi connectivity index (χ4v) is 2.36. The Morgan fingerprint density at radius 2 is 1.76 bits per heavy atom. The summed E-state index contributed by atoms with van der Waals surface area (Å²) in [6.07, 6.45) is 0.390. The van der Waals surface area contributed by atoms with Gasteiger partial charge in [-0.2, -0.15) is 0 Å². The lowest BCUT2D eigenvalue weighted by Gasteiger charge is -2.24. The molecule has 1 saturated heterocycles. The summed E-state index contributed by atoms with van der Waals surface area (Å²) >= 11 is 0. The largest absolute Gasteiger partial charge is 0.444 e. The molecule has 0 aromatic heterocycles. The maximum atomic E-state index is 12.0. The summed E-state index contributed by atoms with van der Waals surface area (Å²) in [6, 6.07) is 7.27. The van der Waals surface area contributed by atoms with Crippen LogP contribution in [0.25, 0.3) is 0 Å². The van der Waals surface area contributed by atoms with Crippen molar-refractivity contribution in [1.29, 1.82) is 0 Å². The number of hydrogen-bond acceptors (Lipinski definition) is 3. The van der Waals surface area contributed by atoms with Gasteiger partial charge >= 0.3 is 12.1 Å². The Labute approximate surface area is 150 Å². The lowest BCUT2D eigenvalue weighted by Crippen LogP contribution is -2.41. The van der Waals surface area contributed by atoms with Gasteiger partial charge in [0, 0.05) is 24.8 Å². The molecule has 2 N–H and O–H groups in total. The molecule has 1 aliphatic rings. The summed E-state index contributed by atoms with van der Waals surface area (Å²) in [6.45, 7) is 12.6. The first-order valence-corrected chi connectivity index (χ1v) is 8.85. The summed E-state index contributed by atoms with van der Waals surface area (Å²) < 4.78 is 5.34. The molecule has 6 heteroatoms. The smallest absolute Gasteiger partial charge is 0.410 e. The van der Waals surface area contributed by atoms with E-state index in [1.807, 2.05) is 65.8 Å². The first-order chi connectivity index (χ1) is 11.7. The highest BCUT2D eigenvalue weighted by Gasteiger charge is 2.30. The lowest BCUT2D eigenvalue weighted by atomic mass is 10.2. The van der Waals surface area contributed by atoms with E-state index >= 15 is 0 Å². The molecule has 1 fully saturated rings. The standard InChI is InChI=1S/C17H25N3O3.C2H6/c1-12-5-7-13(8-6-12)18-15(21)19-14-9-10-20(11-14)16(22)23-17(2,3)4;1-2/h5-8,14H,9-11H2,1-4H3,(H2,18,19,21);1-2H3/t14-;/m0./s1. The normalized spacial score (nSPS) is 16.6. The molecular weight excluding hydrogens is 318 g/mol. The number of benzene rings is 1. The van der Waals surface area contributed by atoms with Crippen molar-refractivity contribution in [1.82, 2.24) is 10.2 Å². The van der Waals surface area contributed by atoms with Gasteiger partial charge < -0.3 is 20.3 Å². The number of ether oxygens (including phenoxy) is 1. The zero-order chi connectivity index (χ0) is 19.0. The summed E-state index contributed by atoms with van der Waals surface area (Å²) in [5, 5.41) is 5.68. The second-order valence-electron chi connectivity index (χ2n) is 6.88. The molecule has 140 valence electrons. The molecule has 0 spiro atoms. The predicted molar refractivity (Wildman–Crippen MR) is 101 cm³/mol. The Hall–Kier alpha value is -2.24. The zero-order valence-electron chi connectivity index (χ0n) is 16.2. The lowest BCUT2D eigenvalue weighted by molar-refractivity contribution is 0.0291. The molecule has 1 atom stereocenters. The molecule has 1 aromatic carbocycles. The van der Waals surface area contributed by atoms with Crippen LogP contribution in [0.15, 0.2) is 24.3 Å². The minimum absolute atomic E-state index is 0.0621. The van der Waals surface area contributed by atoms with Crippen LogP contribution in [0.5, 0.6) is 0 Å². The highest BCUT2D eigenvalue weighted by atomic mass is 16.6. The second-order valence-corrected chi connectivity index (χ2v) is 6.88. The SMILES string of the molecule is CC.Cc1ccc(NC(=O)N[C@H]2CCN(C(=O)OC(C)(C)C)C2)cc1. The van der Waals surface area contributed by atoms with E-state index in [2.05, 4.69) is 10.6 Å². The average molecular weight is 349 g/mol. The summed E-state index contributed by atoms with van der Waals surface area (Å²) in [5.74, 6) is 0. The maximum absolute atomic E-state index is 12.0. The molecule has 0 radical (unpaired) electrons. The monoisotopic (exact) mass is 349 g/mol. The van der Waals surface area contributed by atoms with Crippen molar-refractivity contribution in [2.45, 2.75) is 59.6 Å². The van der Waals surface area contributed by atoms with Gasteiger partial charge in [-0.15, -0.1) is 0 Å². The van der Waals surface area contributed by atoms with Crippen LogP contribution in [0.4, 0.5) is 15.3 Å². The third kappa shape index (κ3) is 7.45. The number of carbonyl (C=O) groups is 2. The number of nitrogens with one attached hydrogen (secondary N) is 2. The average Bonchev–Trinajstić information content (AvgIpc) is 2.98. The van der Waals surface area contributed by atoms with Crippen molar-refractivity contribution in [2.24, 2.45) is 0 Å². The molecule has 6 nitrogen and oxygen atoms in total. The highest BCUT2D eigenvalue weighted by Crippen LogP contribution is 2.15. The topological polar surface area (TPSA) is 70.7 Å². The highest BCUT2D eigenvalue weighted by molar-refractivity contribution is 5.89. The van der Waals surface area contributed by atoms with E-state index in [-0.39, 0.29) is 18.2 Å². The molecule has 0 aliphatic carbocycles. The van der Waals surface area contributed by atoms with Crippen LogP contribution in [-0.4, -0.2) is 41.8 Å². The van der Waals surface area contributed by atoms with Gasteiger partial charge in [-0.1, -0.05) is 31.5 Å². The van der Waals surface area contributed by atoms with Gasteiger partial charge in [0.15, 0.2) is 0 Å². The second kappa shape index (κ2) is 9.30. The maximum Gasteiger partial charge on any atom is 0.410 e. The quantitative estimate of drug-likeness (QED) is 0.842. The Kier molecular flexibility index (Phi) is 7.74. The van der Waals surface area contributed by atoms with Crippen molar-refractivity contribution < 1.29 is 14.3 Å². The van der Waals surface area contributed by atoms with E-state index in [9.17, 15) is 9.59 Å². The molecule has 0 bridgehead atoms. The van der Waals surface area contributed by atoms with Crippen LogP contribution in [0.3, 0.4) is 0 Å². The molecular formula is C19H31N3O3. The predicted octanol–water partition coefficient (Wildman–Crippen LogP) is 4.15. The van der Waals surface area contributed by atoms with Crippen LogP contribution in [0, 0.1) is 6.92 Å². The number of aryl methyl sites for hydroxylation is 1. The Bertz CT molecular complexity index is 564. The van der Waals surface area contributed by atoms with Crippen LogP contribution in [0.1, 0.15) is 46.6 Å². The van der Waals surface area contributed by atoms with Crippen molar-refractivity contribution in [3.8, 4) is 0 Å². The van der Waals surface area contributed by atoms with E-state index in [0.29, 0.717) is 13.1 Å². The number of amides is 3. The molecule has 0 unspecified atom stereocenters. The van der Waals surface area contributed by atoms with Crippen LogP contribution in [0.2, 0.25) is 0 Å². The van der Waals surface area contributed by atoms with E-state index in [4.69, 9.17) is 4.74 Å². The minimum atomic E-state index is -0.509. The molecule has 3 amide bonds.